The van der Waals surface area contributed by atoms with Gasteiger partial charge in [0.2, 0.25) is 0 Å². The number of carbonyl (C=O) groups excluding carboxylic acids is 2. The van der Waals surface area contributed by atoms with E-state index in [1.54, 1.807) is 42.5 Å². The average molecular weight is 401 g/mol. The van der Waals surface area contributed by atoms with Crippen LogP contribution in [0.4, 0.5) is 0 Å². The topological polar surface area (TPSA) is 88.7 Å². The van der Waals surface area contributed by atoms with Crippen molar-refractivity contribution in [1.29, 1.82) is 0 Å². The minimum atomic E-state index is -0.419. The number of thiocarbonyl (C=S) groups is 1. The molecule has 2 aromatic rings. The summed E-state index contributed by atoms with van der Waals surface area (Å²) in [5.41, 5.74) is 6.79. The van der Waals surface area contributed by atoms with Gasteiger partial charge >= 0.3 is 0 Å². The number of hydrogen-bond acceptors (Lipinski definition) is 5. The monoisotopic (exact) mass is 401 g/mol. The number of ether oxygens (including phenoxy) is 2. The van der Waals surface area contributed by atoms with Gasteiger partial charge in [0.05, 0.1) is 6.61 Å². The first-order chi connectivity index (χ1) is 13.5. The Balaban J connectivity index is 1.83. The van der Waals surface area contributed by atoms with Crippen molar-refractivity contribution in [3.63, 3.8) is 0 Å². The Bertz CT molecular complexity index is 842. The Labute approximate surface area is 169 Å². The van der Waals surface area contributed by atoms with Crippen molar-refractivity contribution in [3.05, 3.63) is 65.2 Å². The third kappa shape index (κ3) is 6.98. The summed E-state index contributed by atoms with van der Waals surface area (Å²) in [7, 11) is 0. The van der Waals surface area contributed by atoms with Crippen molar-refractivity contribution in [3.8, 4) is 5.75 Å². The van der Waals surface area contributed by atoms with Crippen molar-refractivity contribution >= 4 is 29.1 Å². The molecule has 2 rings (SSSR count). The summed E-state index contributed by atoms with van der Waals surface area (Å²) in [5, 5.41) is 2.48. The molecule has 0 heterocycles. The lowest BCUT2D eigenvalue weighted by atomic mass is 10.1. The van der Waals surface area contributed by atoms with Crippen LogP contribution in [0.5, 0.6) is 5.75 Å². The van der Waals surface area contributed by atoms with Gasteiger partial charge in [-0.2, -0.15) is 0 Å². The van der Waals surface area contributed by atoms with Gasteiger partial charge < -0.3 is 9.47 Å². The normalized spacial score (nSPS) is 10.1. The molecule has 8 heteroatoms. The summed E-state index contributed by atoms with van der Waals surface area (Å²) in [4.78, 5) is 24.4. The highest BCUT2D eigenvalue weighted by Gasteiger charge is 2.10. The van der Waals surface area contributed by atoms with E-state index in [9.17, 15) is 9.59 Å². The van der Waals surface area contributed by atoms with Gasteiger partial charge in [-0.3, -0.25) is 25.8 Å². The Hall–Kier alpha value is -2.97. The van der Waals surface area contributed by atoms with Crippen LogP contribution in [0.1, 0.15) is 33.2 Å². The average Bonchev–Trinajstić information content (AvgIpc) is 2.69. The fourth-order valence-electron chi connectivity index (χ4n) is 2.27. The molecule has 28 heavy (non-hydrogen) atoms. The Kier molecular flexibility index (Phi) is 8.38. The number of amides is 2. The van der Waals surface area contributed by atoms with Crippen LogP contribution in [0.3, 0.4) is 0 Å². The van der Waals surface area contributed by atoms with Crippen LogP contribution in [0.2, 0.25) is 0 Å². The van der Waals surface area contributed by atoms with E-state index in [0.29, 0.717) is 36.7 Å². The first-order valence-corrected chi connectivity index (χ1v) is 9.19. The number of aryl methyl sites for hydroxylation is 1. The zero-order valence-corrected chi connectivity index (χ0v) is 16.6. The van der Waals surface area contributed by atoms with Gasteiger partial charge in [-0.1, -0.05) is 23.8 Å². The fourth-order valence-corrected chi connectivity index (χ4v) is 2.41. The number of nitrogens with one attached hydrogen (secondary N) is 3. The summed E-state index contributed by atoms with van der Waals surface area (Å²) in [6, 6.07) is 13.8. The van der Waals surface area contributed by atoms with Crippen molar-refractivity contribution in [2.24, 2.45) is 0 Å². The van der Waals surface area contributed by atoms with Crippen molar-refractivity contribution in [2.75, 3.05) is 19.8 Å². The molecular formula is C20H23N3O4S. The molecular weight excluding hydrogens is 378 g/mol. The fraction of sp³-hybridized carbons (Fsp3) is 0.250. The van der Waals surface area contributed by atoms with Crippen molar-refractivity contribution in [1.82, 2.24) is 16.2 Å². The molecule has 2 aromatic carbocycles. The molecule has 0 saturated heterocycles. The zero-order valence-electron chi connectivity index (χ0n) is 15.8. The van der Waals surface area contributed by atoms with Crippen LogP contribution in [0.15, 0.2) is 48.5 Å². The number of rotatable bonds is 7. The zero-order chi connectivity index (χ0) is 20.4. The second-order valence-corrected chi connectivity index (χ2v) is 6.21. The third-order valence-corrected chi connectivity index (χ3v) is 3.80. The van der Waals surface area contributed by atoms with E-state index in [0.717, 1.165) is 5.56 Å². The van der Waals surface area contributed by atoms with Gasteiger partial charge in [-0.15, -0.1) is 0 Å². The third-order valence-electron chi connectivity index (χ3n) is 3.59. The molecule has 0 saturated carbocycles. The second kappa shape index (κ2) is 11.0. The van der Waals surface area contributed by atoms with Crippen molar-refractivity contribution in [2.45, 2.75) is 13.8 Å². The quantitative estimate of drug-likeness (QED) is 0.375. The predicted molar refractivity (Wildman–Crippen MR) is 110 cm³/mol. The molecule has 3 N–H and O–H groups in total. The lowest BCUT2D eigenvalue weighted by molar-refractivity contribution is 0.0934. The predicted octanol–water partition coefficient (Wildman–Crippen LogP) is 2.36. The van der Waals surface area contributed by atoms with Crippen LogP contribution in [-0.2, 0) is 4.74 Å². The molecule has 148 valence electrons. The highest BCUT2D eigenvalue weighted by molar-refractivity contribution is 7.80. The van der Waals surface area contributed by atoms with E-state index in [1.165, 1.54) is 0 Å². The van der Waals surface area contributed by atoms with Gasteiger partial charge in [0, 0.05) is 17.7 Å². The maximum Gasteiger partial charge on any atom is 0.269 e. The van der Waals surface area contributed by atoms with Gasteiger partial charge in [-0.05, 0) is 56.4 Å². The van der Waals surface area contributed by atoms with Crippen molar-refractivity contribution < 1.29 is 19.1 Å². The highest BCUT2D eigenvalue weighted by atomic mass is 32.1. The summed E-state index contributed by atoms with van der Waals surface area (Å²) >= 11 is 5.05. The first kappa shape index (κ1) is 21.3. The minimum Gasteiger partial charge on any atom is -0.491 e. The largest absolute Gasteiger partial charge is 0.491 e. The minimum absolute atomic E-state index is 0.0197. The standard InChI is InChI=1S/C20H23N3O4S/c1-3-26-10-11-27-17-9-5-8-16(13-17)18(24)21-20(28)23-22-19(25)15-7-4-6-14(2)12-15/h4-9,12-13H,3,10-11H2,1-2H3,(H,22,25)(H2,21,23,24,28). The molecule has 0 fully saturated rings. The van der Waals surface area contributed by atoms with Gasteiger partial charge in [0.15, 0.2) is 5.11 Å². The summed E-state index contributed by atoms with van der Waals surface area (Å²) in [6.07, 6.45) is 0. The molecule has 0 spiro atoms. The smallest absolute Gasteiger partial charge is 0.269 e. The molecule has 0 radical (unpaired) electrons. The van der Waals surface area contributed by atoms with E-state index in [1.807, 2.05) is 19.9 Å². The molecule has 0 aliphatic carbocycles. The van der Waals surface area contributed by atoms with E-state index >= 15 is 0 Å². The molecule has 0 atom stereocenters. The molecule has 0 aliphatic rings. The van der Waals surface area contributed by atoms with Gasteiger partial charge in [-0.25, -0.2) is 0 Å². The maximum atomic E-state index is 12.3. The summed E-state index contributed by atoms with van der Waals surface area (Å²) in [5.74, 6) is -0.221. The van der Waals surface area contributed by atoms with Crippen LogP contribution >= 0.6 is 12.2 Å². The van der Waals surface area contributed by atoms with Crippen LogP contribution < -0.4 is 20.9 Å². The van der Waals surface area contributed by atoms with Crippen LogP contribution in [-0.4, -0.2) is 36.7 Å². The summed E-state index contributed by atoms with van der Waals surface area (Å²) < 4.78 is 10.7. The van der Waals surface area contributed by atoms with E-state index in [-0.39, 0.29) is 11.0 Å². The number of hydrazine groups is 1. The number of hydrogen-bond donors (Lipinski definition) is 3. The molecule has 2 amide bonds. The second-order valence-electron chi connectivity index (χ2n) is 5.81. The first-order valence-electron chi connectivity index (χ1n) is 8.78. The molecule has 0 aromatic heterocycles. The van der Waals surface area contributed by atoms with Gasteiger partial charge in [0.25, 0.3) is 11.8 Å². The lowest BCUT2D eigenvalue weighted by Gasteiger charge is -2.12. The maximum absolute atomic E-state index is 12.3. The Morgan fingerprint density at radius 1 is 0.964 bits per heavy atom. The molecule has 0 bridgehead atoms. The molecule has 7 nitrogen and oxygen atoms in total. The Morgan fingerprint density at radius 2 is 1.68 bits per heavy atom. The Morgan fingerprint density at radius 3 is 2.39 bits per heavy atom. The summed E-state index contributed by atoms with van der Waals surface area (Å²) in [6.45, 7) is 5.29. The van der Waals surface area contributed by atoms with E-state index in [4.69, 9.17) is 21.7 Å². The SMILES string of the molecule is CCOCCOc1cccc(C(=O)NC(=S)NNC(=O)c2cccc(C)c2)c1. The molecule has 0 unspecified atom stereocenters. The molecule has 0 aliphatic heterocycles. The van der Waals surface area contributed by atoms with Crippen LogP contribution in [0.25, 0.3) is 0 Å². The number of carbonyl (C=O) groups is 2. The lowest BCUT2D eigenvalue weighted by Crippen LogP contribution is -2.48. The highest BCUT2D eigenvalue weighted by Crippen LogP contribution is 2.13. The van der Waals surface area contributed by atoms with Crippen LogP contribution in [0, 0.1) is 6.92 Å². The van der Waals surface area contributed by atoms with E-state index in [2.05, 4.69) is 16.2 Å². The van der Waals surface area contributed by atoms with Gasteiger partial charge in [0.1, 0.15) is 12.4 Å². The number of benzene rings is 2. The van der Waals surface area contributed by atoms with E-state index < -0.39 is 5.91 Å².